The van der Waals surface area contributed by atoms with Crippen LogP contribution in [-0.4, -0.2) is 35.1 Å². The first-order valence-electron chi connectivity index (χ1n) is 8.31. The third-order valence-electron chi connectivity index (χ3n) is 3.82. The van der Waals surface area contributed by atoms with E-state index >= 15 is 0 Å². The summed E-state index contributed by atoms with van der Waals surface area (Å²) in [5.74, 6) is 4.08. The van der Waals surface area contributed by atoms with Crippen LogP contribution in [0.4, 0.5) is 0 Å². The number of nitrogens with one attached hydrogen (secondary N) is 1. The van der Waals surface area contributed by atoms with E-state index in [-0.39, 0.29) is 0 Å². The topological polar surface area (TPSA) is 12.0 Å². The summed E-state index contributed by atoms with van der Waals surface area (Å²) in [5, 5.41) is 4.67. The summed E-state index contributed by atoms with van der Waals surface area (Å²) < 4.78 is 0. The zero-order valence-electron chi connectivity index (χ0n) is 13.0. The largest absolute Gasteiger partial charge is 0.313 e. The van der Waals surface area contributed by atoms with E-state index in [2.05, 4.69) is 42.7 Å². The molecule has 1 aliphatic rings. The van der Waals surface area contributed by atoms with Crippen LogP contribution in [0.15, 0.2) is 0 Å². The van der Waals surface area contributed by atoms with Gasteiger partial charge in [0.2, 0.25) is 0 Å². The van der Waals surface area contributed by atoms with Gasteiger partial charge in [0.25, 0.3) is 0 Å². The van der Waals surface area contributed by atoms with Gasteiger partial charge in [-0.2, -0.15) is 23.5 Å². The summed E-state index contributed by atoms with van der Waals surface area (Å²) in [7, 11) is 0. The molecule has 0 aromatic rings. The van der Waals surface area contributed by atoms with Crippen LogP contribution in [-0.2, 0) is 0 Å². The van der Waals surface area contributed by atoms with Crippen LogP contribution in [0, 0.1) is 0 Å². The molecule has 0 aliphatic carbocycles. The first-order chi connectivity index (χ1) is 9.38. The summed E-state index contributed by atoms with van der Waals surface area (Å²) in [6, 6.07) is 0.768. The lowest BCUT2D eigenvalue weighted by molar-refractivity contribution is 0.451. The van der Waals surface area contributed by atoms with Crippen LogP contribution in [0.5, 0.6) is 0 Å². The summed E-state index contributed by atoms with van der Waals surface area (Å²) in [6.45, 7) is 5.77. The molecule has 0 aromatic heterocycles. The second-order valence-electron chi connectivity index (χ2n) is 5.60. The molecule has 1 fully saturated rings. The highest BCUT2D eigenvalue weighted by atomic mass is 32.2. The van der Waals surface area contributed by atoms with Gasteiger partial charge in [-0.15, -0.1) is 0 Å². The van der Waals surface area contributed by atoms with Crippen molar-refractivity contribution in [1.82, 2.24) is 5.32 Å². The molecule has 0 spiro atoms. The summed E-state index contributed by atoms with van der Waals surface area (Å²) in [5.41, 5.74) is 0. The molecule has 1 aliphatic heterocycles. The first kappa shape index (κ1) is 17.7. The second kappa shape index (κ2) is 12.4. The maximum absolute atomic E-state index is 3.81. The molecule has 0 amide bonds. The second-order valence-corrected chi connectivity index (χ2v) is 8.10. The first-order valence-corrected chi connectivity index (χ1v) is 10.5. The number of unbranched alkanes of at least 4 members (excludes halogenated alkanes) is 5. The monoisotopic (exact) mass is 303 g/mol. The summed E-state index contributed by atoms with van der Waals surface area (Å²) in [6.07, 6.45) is 11.2. The zero-order valence-corrected chi connectivity index (χ0v) is 14.6. The third kappa shape index (κ3) is 8.52. The highest BCUT2D eigenvalue weighted by Crippen LogP contribution is 2.28. The van der Waals surface area contributed by atoms with Crippen molar-refractivity contribution in [2.75, 3.05) is 23.8 Å². The predicted molar refractivity (Wildman–Crippen MR) is 93.6 cm³/mol. The Bertz CT molecular complexity index is 193. The molecule has 1 N–H and O–H groups in total. The fraction of sp³-hybridized carbons (Fsp3) is 1.00. The summed E-state index contributed by atoms with van der Waals surface area (Å²) >= 11 is 4.36. The van der Waals surface area contributed by atoms with E-state index < -0.39 is 0 Å². The molecule has 2 unspecified atom stereocenters. The van der Waals surface area contributed by atoms with Crippen LogP contribution in [0.1, 0.15) is 65.2 Å². The van der Waals surface area contributed by atoms with Crippen molar-refractivity contribution >= 4 is 23.5 Å². The molecule has 19 heavy (non-hydrogen) atoms. The SMILES string of the molecule is CCCCCCCCC(NCCC)C1CSCCS1. The Morgan fingerprint density at radius 2 is 1.79 bits per heavy atom. The van der Waals surface area contributed by atoms with Gasteiger partial charge in [-0.05, 0) is 19.4 Å². The smallest absolute Gasteiger partial charge is 0.0291 e. The van der Waals surface area contributed by atoms with Crippen molar-refractivity contribution < 1.29 is 0 Å². The minimum atomic E-state index is 0.768. The normalized spacial score (nSPS) is 21.5. The van der Waals surface area contributed by atoms with Gasteiger partial charge in [-0.3, -0.25) is 0 Å². The lowest BCUT2D eigenvalue weighted by atomic mass is 10.0. The Labute approximate surface area is 129 Å². The van der Waals surface area contributed by atoms with Gasteiger partial charge < -0.3 is 5.32 Å². The van der Waals surface area contributed by atoms with Gasteiger partial charge in [-0.1, -0.05) is 52.4 Å². The lowest BCUT2D eigenvalue weighted by Crippen LogP contribution is -2.41. The van der Waals surface area contributed by atoms with Gasteiger partial charge in [-0.25, -0.2) is 0 Å². The molecule has 0 radical (unpaired) electrons. The molecule has 1 rings (SSSR count). The van der Waals surface area contributed by atoms with E-state index in [0.717, 1.165) is 11.3 Å². The van der Waals surface area contributed by atoms with Crippen LogP contribution >= 0.6 is 23.5 Å². The van der Waals surface area contributed by atoms with Gasteiger partial charge in [0.1, 0.15) is 0 Å². The number of thioether (sulfide) groups is 2. The highest BCUT2D eigenvalue weighted by Gasteiger charge is 2.23. The predicted octanol–water partition coefficient (Wildman–Crippen LogP) is 4.95. The van der Waals surface area contributed by atoms with Crippen molar-refractivity contribution in [3.05, 3.63) is 0 Å². The Morgan fingerprint density at radius 1 is 1.00 bits per heavy atom. The van der Waals surface area contributed by atoms with E-state index in [1.54, 1.807) is 0 Å². The number of rotatable bonds is 11. The van der Waals surface area contributed by atoms with Crippen molar-refractivity contribution in [3.8, 4) is 0 Å². The van der Waals surface area contributed by atoms with Crippen molar-refractivity contribution in [1.29, 1.82) is 0 Å². The van der Waals surface area contributed by atoms with Crippen LogP contribution in [0.2, 0.25) is 0 Å². The van der Waals surface area contributed by atoms with E-state index in [0.29, 0.717) is 0 Å². The number of hydrogen-bond donors (Lipinski definition) is 1. The van der Waals surface area contributed by atoms with Gasteiger partial charge in [0.15, 0.2) is 0 Å². The molecule has 1 saturated heterocycles. The minimum Gasteiger partial charge on any atom is -0.313 e. The molecule has 0 bridgehead atoms. The lowest BCUT2D eigenvalue weighted by Gasteiger charge is -2.30. The average Bonchev–Trinajstić information content (AvgIpc) is 2.46. The molecular weight excluding hydrogens is 270 g/mol. The molecular formula is C16H33NS2. The highest BCUT2D eigenvalue weighted by molar-refractivity contribution is 8.06. The Hall–Kier alpha value is 0.660. The fourth-order valence-corrected chi connectivity index (χ4v) is 5.56. The van der Waals surface area contributed by atoms with E-state index in [9.17, 15) is 0 Å². The fourth-order valence-electron chi connectivity index (χ4n) is 2.63. The maximum atomic E-state index is 3.81. The van der Waals surface area contributed by atoms with Crippen LogP contribution in [0.3, 0.4) is 0 Å². The molecule has 1 nitrogen and oxygen atoms in total. The van der Waals surface area contributed by atoms with Crippen molar-refractivity contribution in [3.63, 3.8) is 0 Å². The molecule has 2 atom stereocenters. The van der Waals surface area contributed by atoms with E-state index in [1.807, 2.05) is 0 Å². The third-order valence-corrected chi connectivity index (χ3v) is 6.74. The Morgan fingerprint density at radius 3 is 2.47 bits per heavy atom. The van der Waals surface area contributed by atoms with Gasteiger partial charge in [0.05, 0.1) is 0 Å². The van der Waals surface area contributed by atoms with Gasteiger partial charge in [0, 0.05) is 28.6 Å². The standard InChI is InChI=1S/C16H33NS2/c1-3-5-6-7-8-9-10-15(17-11-4-2)16-14-18-12-13-19-16/h15-17H,3-14H2,1-2H3. The van der Waals surface area contributed by atoms with Gasteiger partial charge >= 0.3 is 0 Å². The molecule has 114 valence electrons. The Balaban J connectivity index is 2.16. The minimum absolute atomic E-state index is 0.768. The Kier molecular flexibility index (Phi) is 11.6. The quantitative estimate of drug-likeness (QED) is 0.542. The molecule has 0 aromatic carbocycles. The number of hydrogen-bond acceptors (Lipinski definition) is 3. The van der Waals surface area contributed by atoms with E-state index in [4.69, 9.17) is 0 Å². The van der Waals surface area contributed by atoms with E-state index in [1.165, 1.54) is 75.2 Å². The summed E-state index contributed by atoms with van der Waals surface area (Å²) in [4.78, 5) is 0. The van der Waals surface area contributed by atoms with Crippen LogP contribution in [0.25, 0.3) is 0 Å². The zero-order chi connectivity index (χ0) is 13.8. The average molecular weight is 304 g/mol. The molecule has 0 saturated carbocycles. The van der Waals surface area contributed by atoms with Crippen molar-refractivity contribution in [2.45, 2.75) is 76.5 Å². The molecule has 1 heterocycles. The maximum Gasteiger partial charge on any atom is 0.0291 e. The van der Waals surface area contributed by atoms with Crippen LogP contribution < -0.4 is 5.32 Å². The van der Waals surface area contributed by atoms with Crippen molar-refractivity contribution in [2.24, 2.45) is 0 Å². The molecule has 3 heteroatoms.